The van der Waals surface area contributed by atoms with Crippen molar-refractivity contribution in [2.75, 3.05) is 25.0 Å². The van der Waals surface area contributed by atoms with Crippen LogP contribution in [0.1, 0.15) is 24.8 Å². The van der Waals surface area contributed by atoms with Crippen molar-refractivity contribution < 1.29 is 4.79 Å². The number of likely N-dealkylation sites (tertiary alicyclic amines) is 1. The van der Waals surface area contributed by atoms with Crippen LogP contribution in [0.25, 0.3) is 0 Å². The van der Waals surface area contributed by atoms with Crippen LogP contribution in [-0.4, -0.2) is 30.4 Å². The Bertz CT molecular complexity index is 366. The summed E-state index contributed by atoms with van der Waals surface area (Å²) in [7, 11) is 0. The van der Waals surface area contributed by atoms with Gasteiger partial charge in [-0.2, -0.15) is 0 Å². The predicted molar refractivity (Wildman–Crippen MR) is 70.1 cm³/mol. The predicted octanol–water partition coefficient (Wildman–Crippen LogP) is 2.42. The second-order valence-corrected chi connectivity index (χ2v) is 4.63. The molecule has 1 amide bonds. The fraction of sp³-hybridized carbons (Fsp3) is 0.500. The number of carbonyl (C=O) groups is 1. The Labute approximate surface area is 103 Å². The van der Waals surface area contributed by atoms with Crippen molar-refractivity contribution in [2.24, 2.45) is 0 Å². The summed E-state index contributed by atoms with van der Waals surface area (Å²) in [4.78, 5) is 13.7. The highest BCUT2D eigenvalue weighted by Gasteiger charge is 2.16. The highest BCUT2D eigenvalue weighted by molar-refractivity contribution is 5.77. The summed E-state index contributed by atoms with van der Waals surface area (Å²) < 4.78 is 0. The van der Waals surface area contributed by atoms with Crippen LogP contribution in [0, 0.1) is 6.92 Å². The summed E-state index contributed by atoms with van der Waals surface area (Å²) in [5.41, 5.74) is 2.34. The van der Waals surface area contributed by atoms with Crippen molar-refractivity contribution in [3.05, 3.63) is 29.8 Å². The van der Waals surface area contributed by atoms with E-state index in [4.69, 9.17) is 0 Å². The summed E-state index contributed by atoms with van der Waals surface area (Å²) >= 11 is 0. The van der Waals surface area contributed by atoms with Crippen molar-refractivity contribution in [1.29, 1.82) is 0 Å². The zero-order valence-corrected chi connectivity index (χ0v) is 10.4. The third kappa shape index (κ3) is 3.48. The summed E-state index contributed by atoms with van der Waals surface area (Å²) in [6.07, 6.45) is 2.92. The van der Waals surface area contributed by atoms with Gasteiger partial charge in [0, 0.05) is 31.7 Å². The van der Waals surface area contributed by atoms with Crippen LogP contribution in [0.2, 0.25) is 0 Å². The molecule has 0 saturated carbocycles. The third-order valence-electron chi connectivity index (χ3n) is 3.18. The fourth-order valence-electron chi connectivity index (χ4n) is 2.11. The molecule has 1 aromatic rings. The molecule has 1 fully saturated rings. The van der Waals surface area contributed by atoms with E-state index < -0.39 is 0 Å². The Balaban J connectivity index is 1.72. The first-order valence-corrected chi connectivity index (χ1v) is 6.34. The van der Waals surface area contributed by atoms with Crippen molar-refractivity contribution in [3.63, 3.8) is 0 Å². The Morgan fingerprint density at radius 2 is 1.88 bits per heavy atom. The standard InChI is InChI=1S/C14H20N2O/c1-12-4-6-13(7-5-12)15-9-8-14(17)16-10-2-3-11-16/h4-7,15H,2-3,8-11H2,1H3. The van der Waals surface area contributed by atoms with Crippen LogP contribution in [0.5, 0.6) is 0 Å². The molecule has 1 aliphatic heterocycles. The summed E-state index contributed by atoms with van der Waals surface area (Å²) in [5, 5.41) is 3.28. The van der Waals surface area contributed by atoms with E-state index in [-0.39, 0.29) is 5.91 Å². The van der Waals surface area contributed by atoms with Gasteiger partial charge >= 0.3 is 0 Å². The molecule has 0 radical (unpaired) electrons. The molecule has 3 heteroatoms. The first-order chi connectivity index (χ1) is 8.25. The number of aryl methyl sites for hydroxylation is 1. The molecule has 3 nitrogen and oxygen atoms in total. The Morgan fingerprint density at radius 1 is 1.24 bits per heavy atom. The lowest BCUT2D eigenvalue weighted by Crippen LogP contribution is -2.29. The largest absolute Gasteiger partial charge is 0.385 e. The number of hydrogen-bond donors (Lipinski definition) is 1. The lowest BCUT2D eigenvalue weighted by atomic mass is 10.2. The lowest BCUT2D eigenvalue weighted by molar-refractivity contribution is -0.129. The number of rotatable bonds is 4. The van der Waals surface area contributed by atoms with E-state index >= 15 is 0 Å². The molecule has 2 rings (SSSR count). The van der Waals surface area contributed by atoms with Crippen LogP contribution in [0.15, 0.2) is 24.3 Å². The first-order valence-electron chi connectivity index (χ1n) is 6.34. The summed E-state index contributed by atoms with van der Waals surface area (Å²) in [5.74, 6) is 0.280. The molecule has 92 valence electrons. The topological polar surface area (TPSA) is 32.3 Å². The molecule has 0 spiro atoms. The SMILES string of the molecule is Cc1ccc(NCCC(=O)N2CCCC2)cc1. The zero-order valence-electron chi connectivity index (χ0n) is 10.4. The summed E-state index contributed by atoms with van der Waals surface area (Å²) in [6.45, 7) is 4.69. The molecular formula is C14H20N2O. The third-order valence-corrected chi connectivity index (χ3v) is 3.18. The minimum atomic E-state index is 0.280. The number of anilines is 1. The highest BCUT2D eigenvalue weighted by Crippen LogP contribution is 2.10. The van der Waals surface area contributed by atoms with E-state index in [0.29, 0.717) is 6.42 Å². The van der Waals surface area contributed by atoms with Gasteiger partial charge in [-0.1, -0.05) is 17.7 Å². The van der Waals surface area contributed by atoms with Crippen LogP contribution in [0.3, 0.4) is 0 Å². The van der Waals surface area contributed by atoms with E-state index in [1.807, 2.05) is 4.90 Å². The van der Waals surface area contributed by atoms with Gasteiger partial charge in [-0.25, -0.2) is 0 Å². The molecule has 0 bridgehead atoms. The second kappa shape index (κ2) is 5.71. The van der Waals surface area contributed by atoms with Crippen molar-refractivity contribution in [1.82, 2.24) is 4.90 Å². The maximum Gasteiger partial charge on any atom is 0.224 e. The maximum absolute atomic E-state index is 11.8. The van der Waals surface area contributed by atoms with E-state index in [1.165, 1.54) is 5.56 Å². The van der Waals surface area contributed by atoms with Gasteiger partial charge in [-0.05, 0) is 31.9 Å². The van der Waals surface area contributed by atoms with Crippen LogP contribution in [-0.2, 0) is 4.79 Å². The lowest BCUT2D eigenvalue weighted by Gasteiger charge is -2.15. The second-order valence-electron chi connectivity index (χ2n) is 4.63. The van der Waals surface area contributed by atoms with E-state index in [1.54, 1.807) is 0 Å². The van der Waals surface area contributed by atoms with Crippen molar-refractivity contribution in [2.45, 2.75) is 26.2 Å². The highest BCUT2D eigenvalue weighted by atomic mass is 16.2. The zero-order chi connectivity index (χ0) is 12.1. The minimum absolute atomic E-state index is 0.280. The van der Waals surface area contributed by atoms with Crippen LogP contribution >= 0.6 is 0 Å². The maximum atomic E-state index is 11.8. The van der Waals surface area contributed by atoms with Crippen LogP contribution < -0.4 is 5.32 Å². The minimum Gasteiger partial charge on any atom is -0.385 e. The Hall–Kier alpha value is -1.51. The number of benzene rings is 1. The molecule has 0 aromatic heterocycles. The average Bonchev–Trinajstić information content (AvgIpc) is 2.85. The molecule has 1 aliphatic rings. The Morgan fingerprint density at radius 3 is 2.53 bits per heavy atom. The van der Waals surface area contributed by atoms with E-state index in [0.717, 1.165) is 38.2 Å². The monoisotopic (exact) mass is 232 g/mol. The molecule has 17 heavy (non-hydrogen) atoms. The molecule has 1 heterocycles. The van der Waals surface area contributed by atoms with E-state index in [2.05, 4.69) is 36.5 Å². The van der Waals surface area contributed by atoms with Gasteiger partial charge in [0.05, 0.1) is 0 Å². The average molecular weight is 232 g/mol. The molecule has 1 aromatic carbocycles. The molecule has 1 saturated heterocycles. The van der Waals surface area contributed by atoms with Gasteiger partial charge in [0.15, 0.2) is 0 Å². The van der Waals surface area contributed by atoms with Crippen LogP contribution in [0.4, 0.5) is 5.69 Å². The number of nitrogens with zero attached hydrogens (tertiary/aromatic N) is 1. The molecule has 0 atom stereocenters. The number of hydrogen-bond acceptors (Lipinski definition) is 2. The van der Waals surface area contributed by atoms with Gasteiger partial charge in [-0.15, -0.1) is 0 Å². The fourth-order valence-corrected chi connectivity index (χ4v) is 2.11. The summed E-state index contributed by atoms with van der Waals surface area (Å²) in [6, 6.07) is 8.25. The van der Waals surface area contributed by atoms with Crippen molar-refractivity contribution >= 4 is 11.6 Å². The smallest absolute Gasteiger partial charge is 0.224 e. The quantitative estimate of drug-likeness (QED) is 0.864. The van der Waals surface area contributed by atoms with Gasteiger partial charge in [0.1, 0.15) is 0 Å². The molecule has 0 unspecified atom stereocenters. The van der Waals surface area contributed by atoms with Gasteiger partial charge < -0.3 is 10.2 Å². The van der Waals surface area contributed by atoms with Crippen molar-refractivity contribution in [3.8, 4) is 0 Å². The van der Waals surface area contributed by atoms with E-state index in [9.17, 15) is 4.79 Å². The first kappa shape index (κ1) is 12.0. The Kier molecular flexibility index (Phi) is 4.02. The normalized spacial score (nSPS) is 15.0. The number of amides is 1. The molecule has 1 N–H and O–H groups in total. The number of nitrogens with one attached hydrogen (secondary N) is 1. The molecular weight excluding hydrogens is 212 g/mol. The van der Waals surface area contributed by atoms with Gasteiger partial charge in [-0.3, -0.25) is 4.79 Å². The van der Waals surface area contributed by atoms with Gasteiger partial charge in [0.2, 0.25) is 5.91 Å². The number of carbonyl (C=O) groups excluding carboxylic acids is 1. The molecule has 0 aliphatic carbocycles. The van der Waals surface area contributed by atoms with Gasteiger partial charge in [0.25, 0.3) is 0 Å².